The molecular weight excluding hydrogens is 252 g/mol. The monoisotopic (exact) mass is 266 g/mol. The van der Waals surface area contributed by atoms with E-state index in [1.807, 2.05) is 13.8 Å². The summed E-state index contributed by atoms with van der Waals surface area (Å²) in [6.07, 6.45) is 0.793. The molecule has 0 saturated heterocycles. The SMILES string of the molecule is CCc1c(C)nc(N)n2c(SCC(N)=O)nnc12. The number of thioether (sulfide) groups is 1. The first-order chi connectivity index (χ1) is 8.54. The van der Waals surface area contributed by atoms with Gasteiger partial charge in [0.2, 0.25) is 11.9 Å². The third-order valence-electron chi connectivity index (χ3n) is 2.55. The zero-order chi connectivity index (χ0) is 13.3. The van der Waals surface area contributed by atoms with Crippen molar-refractivity contribution in [2.75, 3.05) is 11.5 Å². The quantitative estimate of drug-likeness (QED) is 0.762. The van der Waals surface area contributed by atoms with Crippen molar-refractivity contribution in [1.29, 1.82) is 0 Å². The number of aromatic nitrogens is 4. The van der Waals surface area contributed by atoms with Gasteiger partial charge < -0.3 is 11.5 Å². The molecule has 0 unspecified atom stereocenters. The number of carbonyl (C=O) groups is 1. The average molecular weight is 266 g/mol. The van der Waals surface area contributed by atoms with Gasteiger partial charge in [-0.15, -0.1) is 10.2 Å². The summed E-state index contributed by atoms with van der Waals surface area (Å²) in [7, 11) is 0. The van der Waals surface area contributed by atoms with Crippen molar-refractivity contribution in [3.05, 3.63) is 11.3 Å². The Morgan fingerprint density at radius 3 is 2.78 bits per heavy atom. The Bertz CT molecular complexity index is 608. The smallest absolute Gasteiger partial charge is 0.227 e. The molecule has 96 valence electrons. The summed E-state index contributed by atoms with van der Waals surface area (Å²) >= 11 is 1.20. The standard InChI is InChI=1S/C10H14N6OS/c1-3-6-5(2)13-9(12)16-8(6)14-15-10(16)18-4-7(11)17/h3-4H2,1-2H3,(H2,11,17)(H2,12,13). The second-order valence-electron chi connectivity index (χ2n) is 3.78. The Morgan fingerprint density at radius 1 is 1.44 bits per heavy atom. The molecule has 0 aliphatic rings. The second-order valence-corrected chi connectivity index (χ2v) is 4.73. The maximum absolute atomic E-state index is 10.8. The van der Waals surface area contributed by atoms with Crippen LogP contribution < -0.4 is 11.5 Å². The van der Waals surface area contributed by atoms with E-state index in [2.05, 4.69) is 15.2 Å². The number of hydrogen-bond donors (Lipinski definition) is 2. The van der Waals surface area contributed by atoms with E-state index >= 15 is 0 Å². The van der Waals surface area contributed by atoms with Crippen molar-refractivity contribution in [3.8, 4) is 0 Å². The first kappa shape index (κ1) is 12.6. The molecule has 0 bridgehead atoms. The Kier molecular flexibility index (Phi) is 3.37. The molecule has 0 radical (unpaired) electrons. The summed E-state index contributed by atoms with van der Waals surface area (Å²) in [5, 5.41) is 8.67. The zero-order valence-electron chi connectivity index (χ0n) is 10.2. The largest absolute Gasteiger partial charge is 0.369 e. The Morgan fingerprint density at radius 2 is 2.17 bits per heavy atom. The topological polar surface area (TPSA) is 112 Å². The van der Waals surface area contributed by atoms with E-state index in [1.54, 1.807) is 4.40 Å². The molecule has 2 heterocycles. The van der Waals surface area contributed by atoms with E-state index in [4.69, 9.17) is 11.5 Å². The number of nitrogens with zero attached hydrogens (tertiary/aromatic N) is 4. The normalized spacial score (nSPS) is 11.0. The van der Waals surface area contributed by atoms with Crippen LogP contribution in [-0.4, -0.2) is 31.2 Å². The number of aryl methyl sites for hydroxylation is 2. The number of rotatable bonds is 4. The number of carbonyl (C=O) groups excluding carboxylic acids is 1. The van der Waals surface area contributed by atoms with Crippen molar-refractivity contribution in [2.24, 2.45) is 5.73 Å². The predicted octanol–water partition coefficient (Wildman–Crippen LogP) is 0.155. The van der Waals surface area contributed by atoms with Crippen molar-refractivity contribution >= 4 is 29.3 Å². The van der Waals surface area contributed by atoms with Crippen LogP contribution in [0.3, 0.4) is 0 Å². The molecule has 0 atom stereocenters. The van der Waals surface area contributed by atoms with Gasteiger partial charge in [0.05, 0.1) is 5.75 Å². The number of hydrogen-bond acceptors (Lipinski definition) is 6. The highest BCUT2D eigenvalue weighted by Gasteiger charge is 2.15. The maximum Gasteiger partial charge on any atom is 0.227 e. The molecule has 0 aliphatic heterocycles. The van der Waals surface area contributed by atoms with Crippen molar-refractivity contribution in [2.45, 2.75) is 25.4 Å². The van der Waals surface area contributed by atoms with Gasteiger partial charge >= 0.3 is 0 Å². The highest BCUT2D eigenvalue weighted by atomic mass is 32.2. The van der Waals surface area contributed by atoms with E-state index in [1.165, 1.54) is 11.8 Å². The van der Waals surface area contributed by atoms with Gasteiger partial charge in [-0.1, -0.05) is 18.7 Å². The number of amides is 1. The minimum atomic E-state index is -0.411. The molecule has 0 saturated carbocycles. The molecule has 2 rings (SSSR count). The number of anilines is 1. The molecular formula is C10H14N6OS. The molecule has 7 nitrogen and oxygen atoms in total. The minimum Gasteiger partial charge on any atom is -0.369 e. The van der Waals surface area contributed by atoms with Gasteiger partial charge in [0.15, 0.2) is 10.8 Å². The predicted molar refractivity (Wildman–Crippen MR) is 69.2 cm³/mol. The first-order valence-electron chi connectivity index (χ1n) is 5.45. The summed E-state index contributed by atoms with van der Waals surface area (Å²) in [4.78, 5) is 15.1. The Hall–Kier alpha value is -1.83. The Balaban J connectivity index is 2.55. The van der Waals surface area contributed by atoms with Crippen LogP contribution in [0.2, 0.25) is 0 Å². The zero-order valence-corrected chi connectivity index (χ0v) is 11.0. The minimum absolute atomic E-state index is 0.134. The van der Waals surface area contributed by atoms with Gasteiger partial charge in [-0.2, -0.15) is 0 Å². The highest BCUT2D eigenvalue weighted by Crippen LogP contribution is 2.23. The van der Waals surface area contributed by atoms with Gasteiger partial charge in [0.25, 0.3) is 0 Å². The van der Waals surface area contributed by atoms with Gasteiger partial charge in [-0.05, 0) is 13.3 Å². The number of fused-ring (bicyclic) bond motifs is 1. The lowest BCUT2D eigenvalue weighted by Gasteiger charge is -2.07. The van der Waals surface area contributed by atoms with Crippen LogP contribution >= 0.6 is 11.8 Å². The second kappa shape index (κ2) is 4.81. The first-order valence-corrected chi connectivity index (χ1v) is 6.44. The summed E-state index contributed by atoms with van der Waals surface area (Å²) in [5.74, 6) is 0.0398. The van der Waals surface area contributed by atoms with Crippen LogP contribution in [-0.2, 0) is 11.2 Å². The van der Waals surface area contributed by atoms with Gasteiger partial charge in [-0.3, -0.25) is 4.79 Å². The molecule has 0 spiro atoms. The molecule has 4 N–H and O–H groups in total. The van der Waals surface area contributed by atoms with Gasteiger partial charge in [0, 0.05) is 11.3 Å². The fourth-order valence-electron chi connectivity index (χ4n) is 1.77. The molecule has 2 aromatic rings. The number of primary amides is 1. The summed E-state index contributed by atoms with van der Waals surface area (Å²) < 4.78 is 1.65. The lowest BCUT2D eigenvalue weighted by Crippen LogP contribution is -2.14. The van der Waals surface area contributed by atoms with Crippen molar-refractivity contribution in [1.82, 2.24) is 19.6 Å². The lowest BCUT2D eigenvalue weighted by atomic mass is 10.2. The van der Waals surface area contributed by atoms with Crippen LogP contribution in [0.5, 0.6) is 0 Å². The summed E-state index contributed by atoms with van der Waals surface area (Å²) in [6, 6.07) is 0. The summed E-state index contributed by atoms with van der Waals surface area (Å²) in [5.41, 5.74) is 13.5. The fourth-order valence-corrected chi connectivity index (χ4v) is 2.45. The van der Waals surface area contributed by atoms with Crippen LogP contribution in [0, 0.1) is 6.92 Å². The summed E-state index contributed by atoms with van der Waals surface area (Å²) in [6.45, 7) is 3.91. The van der Waals surface area contributed by atoms with E-state index in [9.17, 15) is 4.79 Å². The van der Waals surface area contributed by atoms with E-state index in [-0.39, 0.29) is 5.75 Å². The van der Waals surface area contributed by atoms with Crippen LogP contribution in [0.1, 0.15) is 18.2 Å². The number of nitrogen functional groups attached to an aromatic ring is 1. The van der Waals surface area contributed by atoms with Crippen molar-refractivity contribution in [3.63, 3.8) is 0 Å². The number of nitrogens with two attached hydrogens (primary N) is 2. The van der Waals surface area contributed by atoms with Crippen LogP contribution in [0.4, 0.5) is 5.95 Å². The van der Waals surface area contributed by atoms with Gasteiger partial charge in [0.1, 0.15) is 0 Å². The third-order valence-corrected chi connectivity index (χ3v) is 3.50. The third kappa shape index (κ3) is 2.10. The lowest BCUT2D eigenvalue weighted by molar-refractivity contribution is -0.115. The maximum atomic E-state index is 10.8. The molecule has 18 heavy (non-hydrogen) atoms. The van der Waals surface area contributed by atoms with Gasteiger partial charge in [-0.25, -0.2) is 9.38 Å². The van der Waals surface area contributed by atoms with E-state index < -0.39 is 5.91 Å². The fraction of sp³-hybridized carbons (Fsp3) is 0.400. The molecule has 0 aliphatic carbocycles. The Labute approximate surface area is 108 Å². The van der Waals surface area contributed by atoms with Crippen LogP contribution in [0.15, 0.2) is 5.16 Å². The van der Waals surface area contributed by atoms with Crippen LogP contribution in [0.25, 0.3) is 5.65 Å². The molecule has 8 heteroatoms. The van der Waals surface area contributed by atoms with Crippen molar-refractivity contribution < 1.29 is 4.79 Å². The molecule has 2 aromatic heterocycles. The molecule has 0 fully saturated rings. The highest BCUT2D eigenvalue weighted by molar-refractivity contribution is 7.99. The average Bonchev–Trinajstić information content (AvgIpc) is 2.71. The molecule has 1 amide bonds. The van der Waals surface area contributed by atoms with E-state index in [0.29, 0.717) is 16.8 Å². The van der Waals surface area contributed by atoms with E-state index in [0.717, 1.165) is 17.7 Å². The molecule has 0 aromatic carbocycles.